The number of alkyl halides is 7. The Hall–Kier alpha value is -3.49. The lowest BCUT2D eigenvalue weighted by atomic mass is 9.82. The van der Waals surface area contributed by atoms with Crippen LogP contribution in [0, 0.1) is 0 Å². The summed E-state index contributed by atoms with van der Waals surface area (Å²) in [7, 11) is 1.70. The molecule has 0 saturated heterocycles. The normalized spacial score (nSPS) is 20.2. The molecule has 8 nitrogen and oxygen atoms in total. The van der Waals surface area contributed by atoms with Crippen LogP contribution < -0.4 is 10.2 Å². The standard InChI is InChI=1S/C24H23F7N6O2/c1-36-10-17(12-4-6-15(7-5-12)32-11-23(27,28)24(29,30)31)19(35-36)37-9-14-3-2-13(8-16(14)22(37)38)20-33-34-21(39-20)18(25)26/h2-3,8,10,12,15,18,32H,4-7,9,11H2,1H3. The van der Waals surface area contributed by atoms with Gasteiger partial charge in [-0.25, -0.2) is 0 Å². The van der Waals surface area contributed by atoms with E-state index < -0.39 is 37.0 Å². The average molecular weight is 560 g/mol. The predicted molar refractivity (Wildman–Crippen MR) is 122 cm³/mol. The zero-order valence-corrected chi connectivity index (χ0v) is 20.5. The average Bonchev–Trinajstić information content (AvgIpc) is 3.60. The van der Waals surface area contributed by atoms with Gasteiger partial charge < -0.3 is 9.73 Å². The van der Waals surface area contributed by atoms with Gasteiger partial charge in [0.1, 0.15) is 0 Å². The first-order valence-electron chi connectivity index (χ1n) is 12.1. The molecule has 2 aromatic heterocycles. The molecule has 1 aromatic carbocycles. The highest BCUT2D eigenvalue weighted by atomic mass is 19.4. The molecule has 0 spiro atoms. The van der Waals surface area contributed by atoms with E-state index in [9.17, 15) is 35.5 Å². The van der Waals surface area contributed by atoms with Crippen molar-refractivity contribution in [2.24, 2.45) is 7.05 Å². The van der Waals surface area contributed by atoms with Crippen molar-refractivity contribution in [1.82, 2.24) is 25.3 Å². The monoisotopic (exact) mass is 560 g/mol. The largest absolute Gasteiger partial charge is 0.454 e. The van der Waals surface area contributed by atoms with E-state index in [1.54, 1.807) is 30.1 Å². The predicted octanol–water partition coefficient (Wildman–Crippen LogP) is 5.38. The number of aromatic nitrogens is 4. The molecule has 0 radical (unpaired) electrons. The van der Waals surface area contributed by atoms with Crippen molar-refractivity contribution < 1.29 is 39.9 Å². The van der Waals surface area contributed by atoms with E-state index in [-0.39, 0.29) is 24.3 Å². The second-order valence-corrected chi connectivity index (χ2v) is 9.72. The summed E-state index contributed by atoms with van der Waals surface area (Å²) in [5.41, 5.74) is 2.11. The first-order valence-corrected chi connectivity index (χ1v) is 12.1. The van der Waals surface area contributed by atoms with Gasteiger partial charge in [-0.05, 0) is 49.3 Å². The minimum absolute atomic E-state index is 0.0758. The van der Waals surface area contributed by atoms with E-state index in [1.807, 2.05) is 0 Å². The number of halogens is 7. The second-order valence-electron chi connectivity index (χ2n) is 9.72. The van der Waals surface area contributed by atoms with E-state index in [2.05, 4.69) is 20.6 Å². The first-order chi connectivity index (χ1) is 18.3. The highest BCUT2D eigenvalue weighted by Crippen LogP contribution is 2.41. The molecule has 0 atom stereocenters. The van der Waals surface area contributed by atoms with E-state index in [4.69, 9.17) is 4.42 Å². The summed E-state index contributed by atoms with van der Waals surface area (Å²) < 4.78 is 96.1. The van der Waals surface area contributed by atoms with Gasteiger partial charge in [0.05, 0.1) is 13.1 Å². The summed E-state index contributed by atoms with van der Waals surface area (Å²) in [5.74, 6) is -5.77. The maximum Gasteiger partial charge on any atom is 0.454 e. The van der Waals surface area contributed by atoms with Crippen LogP contribution in [0.2, 0.25) is 0 Å². The molecule has 3 heterocycles. The zero-order chi connectivity index (χ0) is 28.1. The number of fused-ring (bicyclic) bond motifs is 1. The number of amides is 1. The fraction of sp³-hybridized carbons (Fsp3) is 0.500. The fourth-order valence-corrected chi connectivity index (χ4v) is 5.02. The number of hydrogen-bond acceptors (Lipinski definition) is 6. The highest BCUT2D eigenvalue weighted by Gasteiger charge is 2.57. The lowest BCUT2D eigenvalue weighted by Crippen LogP contribution is -2.48. The molecule has 1 amide bonds. The van der Waals surface area contributed by atoms with Gasteiger partial charge in [0, 0.05) is 36.0 Å². The molecular formula is C24H23F7N6O2. The summed E-state index contributed by atoms with van der Waals surface area (Å²) >= 11 is 0. The molecule has 3 aromatic rings. The molecule has 0 bridgehead atoms. The number of benzene rings is 1. The molecule has 1 aliphatic heterocycles. The summed E-state index contributed by atoms with van der Waals surface area (Å²) in [4.78, 5) is 14.9. The van der Waals surface area contributed by atoms with Crippen molar-refractivity contribution in [2.75, 3.05) is 11.4 Å². The van der Waals surface area contributed by atoms with Crippen LogP contribution in [-0.4, -0.2) is 50.6 Å². The number of anilines is 1. The van der Waals surface area contributed by atoms with Gasteiger partial charge >= 0.3 is 18.5 Å². The van der Waals surface area contributed by atoms with Crippen LogP contribution in [0.5, 0.6) is 0 Å². The summed E-state index contributed by atoms with van der Waals surface area (Å²) in [6.07, 6.45) is -4.97. The molecule has 210 valence electrons. The second kappa shape index (κ2) is 9.92. The number of carbonyl (C=O) groups excluding carboxylic acids is 1. The van der Waals surface area contributed by atoms with Gasteiger partial charge in [-0.2, -0.15) is 35.8 Å². The van der Waals surface area contributed by atoms with E-state index in [1.165, 1.54) is 11.0 Å². The third-order valence-electron chi connectivity index (χ3n) is 7.07. The van der Waals surface area contributed by atoms with Crippen LogP contribution in [0.25, 0.3) is 11.5 Å². The third kappa shape index (κ3) is 5.23. The molecule has 2 aliphatic rings. The summed E-state index contributed by atoms with van der Waals surface area (Å²) in [5, 5.41) is 13.7. The lowest BCUT2D eigenvalue weighted by molar-refractivity contribution is -0.279. The van der Waals surface area contributed by atoms with Crippen LogP contribution in [-0.2, 0) is 13.6 Å². The van der Waals surface area contributed by atoms with Gasteiger partial charge in [-0.1, -0.05) is 6.07 Å². The molecule has 1 fully saturated rings. The van der Waals surface area contributed by atoms with Gasteiger partial charge in [0.25, 0.3) is 11.8 Å². The van der Waals surface area contributed by atoms with Crippen molar-refractivity contribution in [2.45, 2.75) is 62.7 Å². The van der Waals surface area contributed by atoms with Crippen molar-refractivity contribution in [3.63, 3.8) is 0 Å². The summed E-state index contributed by atoms with van der Waals surface area (Å²) in [6.45, 7) is -1.26. The lowest BCUT2D eigenvalue weighted by Gasteiger charge is -2.31. The van der Waals surface area contributed by atoms with Crippen molar-refractivity contribution in [3.8, 4) is 11.5 Å². The molecule has 5 rings (SSSR count). The number of nitrogens with one attached hydrogen (secondary N) is 1. The smallest absolute Gasteiger partial charge is 0.415 e. The Balaban J connectivity index is 1.28. The Labute approximate surface area is 217 Å². The SMILES string of the molecule is Cn1cc(C2CCC(NCC(F)(F)C(F)(F)F)CC2)c(N2Cc3ccc(-c4nnc(C(F)F)o4)cc3C2=O)n1. The van der Waals surface area contributed by atoms with Crippen molar-refractivity contribution in [3.05, 3.63) is 47.0 Å². The van der Waals surface area contributed by atoms with Gasteiger partial charge in [-0.15, -0.1) is 10.2 Å². The van der Waals surface area contributed by atoms with Gasteiger partial charge in [0.2, 0.25) is 5.89 Å². The molecule has 1 aliphatic carbocycles. The minimum atomic E-state index is -5.61. The van der Waals surface area contributed by atoms with Crippen molar-refractivity contribution >= 4 is 11.7 Å². The third-order valence-corrected chi connectivity index (χ3v) is 7.07. The molecule has 1 N–H and O–H groups in total. The number of aryl methyl sites for hydroxylation is 1. The highest BCUT2D eigenvalue weighted by molar-refractivity contribution is 6.10. The Morgan fingerprint density at radius 1 is 1.10 bits per heavy atom. The van der Waals surface area contributed by atoms with E-state index >= 15 is 0 Å². The zero-order valence-electron chi connectivity index (χ0n) is 20.5. The topological polar surface area (TPSA) is 89.1 Å². The van der Waals surface area contributed by atoms with Crippen LogP contribution >= 0.6 is 0 Å². The van der Waals surface area contributed by atoms with Crippen LogP contribution in [0.15, 0.2) is 28.8 Å². The molecule has 15 heteroatoms. The quantitative estimate of drug-likeness (QED) is 0.391. The number of hydrogen-bond donors (Lipinski definition) is 1. The number of rotatable bonds is 7. The molecular weight excluding hydrogens is 537 g/mol. The number of nitrogens with zero attached hydrogens (tertiary/aromatic N) is 5. The maximum atomic E-state index is 13.4. The van der Waals surface area contributed by atoms with Crippen molar-refractivity contribution in [1.29, 1.82) is 0 Å². The Bertz CT molecular complexity index is 1360. The van der Waals surface area contributed by atoms with E-state index in [0.29, 0.717) is 48.2 Å². The molecule has 1 saturated carbocycles. The minimum Gasteiger partial charge on any atom is -0.415 e. The van der Waals surface area contributed by atoms with Crippen LogP contribution in [0.4, 0.5) is 36.6 Å². The molecule has 0 unspecified atom stereocenters. The van der Waals surface area contributed by atoms with Gasteiger partial charge in [-0.3, -0.25) is 14.4 Å². The maximum absolute atomic E-state index is 13.4. The first kappa shape index (κ1) is 27.1. The molecule has 39 heavy (non-hydrogen) atoms. The fourth-order valence-electron chi connectivity index (χ4n) is 5.02. The Morgan fingerprint density at radius 3 is 2.46 bits per heavy atom. The Kier molecular flexibility index (Phi) is 6.89. The summed E-state index contributed by atoms with van der Waals surface area (Å²) in [6, 6.07) is 4.27. The van der Waals surface area contributed by atoms with Crippen LogP contribution in [0.3, 0.4) is 0 Å². The van der Waals surface area contributed by atoms with E-state index in [0.717, 1.165) is 5.56 Å². The Morgan fingerprint density at radius 2 is 1.82 bits per heavy atom. The number of carbonyl (C=O) groups is 1. The van der Waals surface area contributed by atoms with Gasteiger partial charge in [0.15, 0.2) is 5.82 Å². The van der Waals surface area contributed by atoms with Crippen LogP contribution in [0.1, 0.15) is 65.4 Å².